The number of likely N-dealkylation sites (tertiary alicyclic amines) is 1. The lowest BCUT2D eigenvalue weighted by Crippen LogP contribution is -2.24. The van der Waals surface area contributed by atoms with Crippen molar-refractivity contribution in [2.24, 2.45) is 0 Å². The van der Waals surface area contributed by atoms with Gasteiger partial charge in [-0.15, -0.1) is 0 Å². The molecule has 1 heterocycles. The van der Waals surface area contributed by atoms with Gasteiger partial charge in [-0.25, -0.2) is 0 Å². The third kappa shape index (κ3) is 4.91. The van der Waals surface area contributed by atoms with Gasteiger partial charge in [-0.1, -0.05) is 0 Å². The van der Waals surface area contributed by atoms with Gasteiger partial charge in [0.2, 0.25) is 0 Å². The molecule has 1 atom stereocenters. The number of rotatable bonds is 7. The van der Waals surface area contributed by atoms with Crippen LogP contribution in [0, 0.1) is 0 Å². The highest BCUT2D eigenvalue weighted by molar-refractivity contribution is 4.73. The Morgan fingerprint density at radius 2 is 2.21 bits per heavy atom. The molecule has 1 fully saturated rings. The van der Waals surface area contributed by atoms with E-state index in [1.54, 1.807) is 7.11 Å². The fraction of sp³-hybridized carbons (Fsp3) is 1.00. The van der Waals surface area contributed by atoms with E-state index in [-0.39, 0.29) is 6.10 Å². The lowest BCUT2D eigenvalue weighted by molar-refractivity contribution is 0.0656. The molecule has 0 aliphatic carbocycles. The Kier molecular flexibility index (Phi) is 6.10. The second-order valence-electron chi connectivity index (χ2n) is 3.70. The van der Waals surface area contributed by atoms with Gasteiger partial charge in [0, 0.05) is 33.4 Å². The molecule has 0 aromatic rings. The van der Waals surface area contributed by atoms with Crippen LogP contribution in [-0.4, -0.2) is 62.7 Å². The van der Waals surface area contributed by atoms with Gasteiger partial charge in [0.15, 0.2) is 0 Å². The highest BCUT2D eigenvalue weighted by Gasteiger charge is 2.18. The zero-order chi connectivity index (χ0) is 10.2. The van der Waals surface area contributed by atoms with Crippen molar-refractivity contribution in [1.29, 1.82) is 0 Å². The van der Waals surface area contributed by atoms with E-state index in [9.17, 15) is 5.11 Å². The van der Waals surface area contributed by atoms with E-state index in [1.807, 2.05) is 0 Å². The number of nitrogens with zero attached hydrogens (tertiary/aromatic N) is 1. The third-order valence-corrected chi connectivity index (χ3v) is 2.44. The van der Waals surface area contributed by atoms with E-state index >= 15 is 0 Å². The fourth-order valence-electron chi connectivity index (χ4n) is 1.65. The molecule has 0 spiro atoms. The number of hydrogen-bond acceptors (Lipinski definition) is 4. The number of methoxy groups -OCH3 is 1. The molecular formula is C10H21NO3. The number of aliphatic hydroxyl groups is 1. The molecule has 0 radical (unpaired) electrons. The Hall–Kier alpha value is -0.160. The van der Waals surface area contributed by atoms with Crippen molar-refractivity contribution in [3.05, 3.63) is 0 Å². The standard InChI is InChI=1S/C10H21NO3/c1-13-7-8-14-6-2-4-11-5-3-10(12)9-11/h10,12H,2-9H2,1H3. The van der Waals surface area contributed by atoms with Gasteiger partial charge in [0.1, 0.15) is 0 Å². The minimum Gasteiger partial charge on any atom is -0.392 e. The summed E-state index contributed by atoms with van der Waals surface area (Å²) in [5.41, 5.74) is 0. The van der Waals surface area contributed by atoms with Crippen LogP contribution in [0.25, 0.3) is 0 Å². The van der Waals surface area contributed by atoms with Crippen LogP contribution in [0.2, 0.25) is 0 Å². The molecule has 1 unspecified atom stereocenters. The topological polar surface area (TPSA) is 41.9 Å². The third-order valence-electron chi connectivity index (χ3n) is 2.44. The summed E-state index contributed by atoms with van der Waals surface area (Å²) in [5.74, 6) is 0. The molecule has 1 saturated heterocycles. The summed E-state index contributed by atoms with van der Waals surface area (Å²) in [6.45, 7) is 5.03. The maximum absolute atomic E-state index is 9.28. The SMILES string of the molecule is COCCOCCCN1CCC(O)C1. The number of ether oxygens (including phenoxy) is 2. The predicted molar refractivity (Wildman–Crippen MR) is 54.4 cm³/mol. The molecule has 1 aliphatic heterocycles. The highest BCUT2D eigenvalue weighted by atomic mass is 16.5. The maximum atomic E-state index is 9.28. The minimum atomic E-state index is -0.107. The normalized spacial score (nSPS) is 23.1. The van der Waals surface area contributed by atoms with Crippen molar-refractivity contribution < 1.29 is 14.6 Å². The lowest BCUT2D eigenvalue weighted by atomic mass is 10.3. The van der Waals surface area contributed by atoms with Gasteiger partial charge in [-0.05, 0) is 12.8 Å². The molecule has 0 bridgehead atoms. The molecule has 1 N–H and O–H groups in total. The molecule has 0 aromatic heterocycles. The van der Waals surface area contributed by atoms with Crippen LogP contribution in [0.15, 0.2) is 0 Å². The summed E-state index contributed by atoms with van der Waals surface area (Å²) in [6, 6.07) is 0. The van der Waals surface area contributed by atoms with E-state index in [0.29, 0.717) is 13.2 Å². The fourth-order valence-corrected chi connectivity index (χ4v) is 1.65. The Labute approximate surface area is 85.8 Å². The average molecular weight is 203 g/mol. The van der Waals surface area contributed by atoms with Gasteiger partial charge in [0.05, 0.1) is 19.3 Å². The molecule has 4 heteroatoms. The Balaban J connectivity index is 1.84. The number of hydrogen-bond donors (Lipinski definition) is 1. The molecule has 0 amide bonds. The Morgan fingerprint density at radius 3 is 2.86 bits per heavy atom. The van der Waals surface area contributed by atoms with Crippen LogP contribution >= 0.6 is 0 Å². The Morgan fingerprint density at radius 1 is 1.36 bits per heavy atom. The van der Waals surface area contributed by atoms with Crippen LogP contribution < -0.4 is 0 Å². The van der Waals surface area contributed by atoms with Crippen molar-refractivity contribution in [3.63, 3.8) is 0 Å². The second-order valence-corrected chi connectivity index (χ2v) is 3.70. The summed E-state index contributed by atoms with van der Waals surface area (Å²) in [5, 5.41) is 9.28. The van der Waals surface area contributed by atoms with Crippen LogP contribution in [0.3, 0.4) is 0 Å². The van der Waals surface area contributed by atoms with Crippen LogP contribution in [0.1, 0.15) is 12.8 Å². The van der Waals surface area contributed by atoms with Crippen molar-refractivity contribution in [2.75, 3.05) is 46.6 Å². The minimum absolute atomic E-state index is 0.107. The summed E-state index contributed by atoms with van der Waals surface area (Å²) in [7, 11) is 1.68. The average Bonchev–Trinajstić information content (AvgIpc) is 2.58. The molecule has 1 aliphatic rings. The van der Waals surface area contributed by atoms with Crippen LogP contribution in [-0.2, 0) is 9.47 Å². The van der Waals surface area contributed by atoms with Gasteiger partial charge in [-0.3, -0.25) is 0 Å². The second kappa shape index (κ2) is 7.17. The molecular weight excluding hydrogens is 182 g/mol. The van der Waals surface area contributed by atoms with E-state index in [0.717, 1.165) is 39.1 Å². The van der Waals surface area contributed by atoms with Crippen molar-refractivity contribution in [2.45, 2.75) is 18.9 Å². The van der Waals surface area contributed by atoms with Gasteiger partial charge in [-0.2, -0.15) is 0 Å². The lowest BCUT2D eigenvalue weighted by Gasteiger charge is -2.14. The number of aliphatic hydroxyl groups excluding tert-OH is 1. The molecule has 1 rings (SSSR count). The summed E-state index contributed by atoms with van der Waals surface area (Å²) >= 11 is 0. The smallest absolute Gasteiger partial charge is 0.0700 e. The van der Waals surface area contributed by atoms with Crippen LogP contribution in [0.5, 0.6) is 0 Å². The predicted octanol–water partition coefficient (Wildman–Crippen LogP) is 0.106. The summed E-state index contributed by atoms with van der Waals surface area (Å²) in [4.78, 5) is 2.28. The van der Waals surface area contributed by atoms with Crippen molar-refractivity contribution in [1.82, 2.24) is 4.90 Å². The zero-order valence-corrected chi connectivity index (χ0v) is 8.95. The molecule has 14 heavy (non-hydrogen) atoms. The first-order valence-corrected chi connectivity index (χ1v) is 5.30. The highest BCUT2D eigenvalue weighted by Crippen LogP contribution is 2.08. The van der Waals surface area contributed by atoms with E-state index in [1.165, 1.54) is 0 Å². The van der Waals surface area contributed by atoms with E-state index in [4.69, 9.17) is 9.47 Å². The first kappa shape index (κ1) is 11.9. The molecule has 4 nitrogen and oxygen atoms in total. The molecule has 0 aromatic carbocycles. The summed E-state index contributed by atoms with van der Waals surface area (Å²) < 4.78 is 10.2. The van der Waals surface area contributed by atoms with Crippen LogP contribution in [0.4, 0.5) is 0 Å². The Bertz CT molecular complexity index is 143. The monoisotopic (exact) mass is 203 g/mol. The van der Waals surface area contributed by atoms with E-state index < -0.39 is 0 Å². The van der Waals surface area contributed by atoms with E-state index in [2.05, 4.69) is 4.90 Å². The maximum Gasteiger partial charge on any atom is 0.0700 e. The largest absolute Gasteiger partial charge is 0.392 e. The number of β-amino-alcohol motifs (C(OH)–C–C–N with tert-alkyl or cyclic N) is 1. The summed E-state index contributed by atoms with van der Waals surface area (Å²) in [6.07, 6.45) is 1.85. The van der Waals surface area contributed by atoms with Gasteiger partial charge >= 0.3 is 0 Å². The first-order valence-electron chi connectivity index (χ1n) is 5.30. The quantitative estimate of drug-likeness (QED) is 0.596. The first-order chi connectivity index (χ1) is 6.83. The van der Waals surface area contributed by atoms with Crippen molar-refractivity contribution >= 4 is 0 Å². The van der Waals surface area contributed by atoms with Crippen molar-refractivity contribution in [3.8, 4) is 0 Å². The molecule has 0 saturated carbocycles. The van der Waals surface area contributed by atoms with Gasteiger partial charge < -0.3 is 19.5 Å². The van der Waals surface area contributed by atoms with Gasteiger partial charge in [0.25, 0.3) is 0 Å². The molecule has 84 valence electrons. The zero-order valence-electron chi connectivity index (χ0n) is 8.95.